The minimum atomic E-state index is -4.42. The van der Waals surface area contributed by atoms with Crippen LogP contribution in [0.2, 0.25) is 0 Å². The van der Waals surface area contributed by atoms with E-state index in [1.165, 1.54) is 24.3 Å². The average molecular weight is 378 g/mol. The van der Waals surface area contributed by atoms with Crippen LogP contribution in [0.3, 0.4) is 0 Å². The van der Waals surface area contributed by atoms with Gasteiger partial charge in [-0.15, -0.1) is 0 Å². The van der Waals surface area contributed by atoms with E-state index in [0.717, 1.165) is 4.90 Å². The topological polar surface area (TPSA) is 58.6 Å². The minimum absolute atomic E-state index is 0.00659. The quantitative estimate of drug-likeness (QED) is 0.809. The molecule has 1 aliphatic heterocycles. The van der Waals surface area contributed by atoms with Crippen molar-refractivity contribution in [1.82, 2.24) is 10.2 Å². The van der Waals surface area contributed by atoms with Gasteiger partial charge in [0.05, 0.1) is 6.54 Å². The third-order valence-electron chi connectivity index (χ3n) is 4.29. The summed E-state index contributed by atoms with van der Waals surface area (Å²) in [7, 11) is 0. The van der Waals surface area contributed by atoms with Gasteiger partial charge in [-0.2, -0.15) is 13.2 Å². The number of nitrogens with zero attached hydrogens (tertiary/aromatic N) is 1. The number of carbonyl (C=O) groups is 2. The first-order valence-corrected chi connectivity index (χ1v) is 8.17. The van der Waals surface area contributed by atoms with Crippen molar-refractivity contribution in [3.63, 3.8) is 0 Å². The van der Waals surface area contributed by atoms with Crippen molar-refractivity contribution in [2.45, 2.75) is 25.2 Å². The Hall–Kier alpha value is -3.03. The van der Waals surface area contributed by atoms with Crippen molar-refractivity contribution < 1.29 is 27.5 Å². The average Bonchev–Trinajstić information content (AvgIpc) is 2.85. The molecule has 1 saturated heterocycles. The summed E-state index contributed by atoms with van der Waals surface area (Å²) in [6.07, 6.45) is -4.42. The Morgan fingerprint density at radius 1 is 1.04 bits per heavy atom. The van der Waals surface area contributed by atoms with Crippen LogP contribution in [0.15, 0.2) is 54.6 Å². The molecule has 1 N–H and O–H groups in total. The molecule has 1 atom stereocenters. The molecule has 142 valence electrons. The first kappa shape index (κ1) is 18.8. The van der Waals surface area contributed by atoms with Crippen molar-refractivity contribution in [1.29, 1.82) is 0 Å². The number of nitrogens with one attached hydrogen (secondary N) is 1. The zero-order valence-electron chi connectivity index (χ0n) is 14.4. The number of halogens is 3. The lowest BCUT2D eigenvalue weighted by Gasteiger charge is -2.22. The Kier molecular flexibility index (Phi) is 4.82. The predicted octanol–water partition coefficient (Wildman–Crippen LogP) is 3.59. The van der Waals surface area contributed by atoms with Crippen LogP contribution in [0.4, 0.5) is 18.0 Å². The summed E-state index contributed by atoms with van der Waals surface area (Å²) in [5.74, 6) is -0.335. The van der Waals surface area contributed by atoms with E-state index in [1.54, 1.807) is 31.2 Å². The molecule has 0 spiro atoms. The van der Waals surface area contributed by atoms with Crippen LogP contribution >= 0.6 is 0 Å². The van der Waals surface area contributed by atoms with Crippen molar-refractivity contribution in [3.05, 3.63) is 65.7 Å². The van der Waals surface area contributed by atoms with Gasteiger partial charge in [-0.05, 0) is 30.2 Å². The predicted molar refractivity (Wildman–Crippen MR) is 90.9 cm³/mol. The highest BCUT2D eigenvalue weighted by Crippen LogP contribution is 2.30. The van der Waals surface area contributed by atoms with Crippen LogP contribution in [0, 0.1) is 0 Å². The summed E-state index contributed by atoms with van der Waals surface area (Å²) in [4.78, 5) is 26.2. The monoisotopic (exact) mass is 378 g/mol. The second kappa shape index (κ2) is 6.94. The van der Waals surface area contributed by atoms with E-state index in [1.807, 2.05) is 6.07 Å². The maximum absolute atomic E-state index is 12.8. The number of ether oxygens (including phenoxy) is 1. The molecule has 5 nitrogen and oxygen atoms in total. The second-order valence-corrected chi connectivity index (χ2v) is 6.36. The number of carbonyl (C=O) groups excluding carboxylic acids is 2. The highest BCUT2D eigenvalue weighted by molar-refractivity contribution is 6.07. The van der Waals surface area contributed by atoms with Crippen LogP contribution < -0.4 is 10.1 Å². The molecule has 1 unspecified atom stereocenters. The highest BCUT2D eigenvalue weighted by Gasteiger charge is 2.48. The Morgan fingerprint density at radius 3 is 2.26 bits per heavy atom. The fourth-order valence-electron chi connectivity index (χ4n) is 2.85. The van der Waals surface area contributed by atoms with Gasteiger partial charge in [-0.1, -0.05) is 42.5 Å². The van der Waals surface area contributed by atoms with Gasteiger partial charge in [0.2, 0.25) is 0 Å². The molecule has 0 aromatic heterocycles. The third-order valence-corrected chi connectivity index (χ3v) is 4.29. The maximum atomic E-state index is 12.8. The lowest BCUT2D eigenvalue weighted by Crippen LogP contribution is -2.40. The number of amides is 3. The Bertz CT molecular complexity index is 838. The molecule has 3 amide bonds. The van der Waals surface area contributed by atoms with E-state index >= 15 is 0 Å². The summed E-state index contributed by atoms with van der Waals surface area (Å²) in [6, 6.07) is 14.1. The Morgan fingerprint density at radius 2 is 1.67 bits per heavy atom. The fourth-order valence-corrected chi connectivity index (χ4v) is 2.85. The van der Waals surface area contributed by atoms with Gasteiger partial charge in [0.15, 0.2) is 6.61 Å². The van der Waals surface area contributed by atoms with Gasteiger partial charge < -0.3 is 10.1 Å². The highest BCUT2D eigenvalue weighted by atomic mass is 19.4. The van der Waals surface area contributed by atoms with E-state index < -0.39 is 30.3 Å². The van der Waals surface area contributed by atoms with Gasteiger partial charge in [0.25, 0.3) is 5.91 Å². The number of alkyl halides is 3. The molecule has 0 radical (unpaired) electrons. The largest absolute Gasteiger partial charge is 0.484 e. The van der Waals surface area contributed by atoms with Crippen molar-refractivity contribution >= 4 is 11.9 Å². The maximum Gasteiger partial charge on any atom is 0.422 e. The van der Waals surface area contributed by atoms with E-state index in [9.17, 15) is 22.8 Å². The smallest absolute Gasteiger partial charge is 0.422 e. The Labute approximate surface area is 153 Å². The SMILES string of the molecule is CC1(c2ccccc2)NC(=O)N(Cc2ccc(OCC(F)(F)F)cc2)C1=O. The lowest BCUT2D eigenvalue weighted by atomic mass is 9.92. The molecule has 2 aromatic rings. The molecule has 2 aromatic carbocycles. The number of rotatable bonds is 5. The van der Waals surface area contributed by atoms with Crippen LogP contribution in [-0.4, -0.2) is 29.6 Å². The summed E-state index contributed by atoms with van der Waals surface area (Å²) in [5.41, 5.74) is 0.102. The molecule has 27 heavy (non-hydrogen) atoms. The number of imide groups is 1. The molecule has 0 saturated carbocycles. The van der Waals surface area contributed by atoms with E-state index in [4.69, 9.17) is 0 Å². The Balaban J connectivity index is 1.71. The van der Waals surface area contributed by atoms with Crippen LogP contribution in [0.25, 0.3) is 0 Å². The van der Waals surface area contributed by atoms with E-state index in [0.29, 0.717) is 11.1 Å². The zero-order chi connectivity index (χ0) is 19.7. The second-order valence-electron chi connectivity index (χ2n) is 6.36. The number of hydrogen-bond donors (Lipinski definition) is 1. The molecule has 1 fully saturated rings. The molecule has 0 bridgehead atoms. The number of benzene rings is 2. The standard InChI is InChI=1S/C19H17F3N2O3/c1-18(14-5-3-2-4-6-14)16(25)24(17(26)23-18)11-13-7-9-15(10-8-13)27-12-19(20,21)22/h2-10H,11-12H2,1H3,(H,23,26). The van der Waals surface area contributed by atoms with Crippen molar-refractivity contribution in [2.24, 2.45) is 0 Å². The van der Waals surface area contributed by atoms with Crippen LogP contribution in [-0.2, 0) is 16.9 Å². The summed E-state index contributed by atoms with van der Waals surface area (Å²) >= 11 is 0. The van der Waals surface area contributed by atoms with Gasteiger partial charge in [-0.25, -0.2) is 4.79 Å². The molecule has 3 rings (SSSR count). The van der Waals surface area contributed by atoms with Gasteiger partial charge >= 0.3 is 12.2 Å². The molecule has 1 aliphatic rings. The molecule has 1 heterocycles. The lowest BCUT2D eigenvalue weighted by molar-refractivity contribution is -0.153. The summed E-state index contributed by atoms with van der Waals surface area (Å²) in [5, 5.41) is 2.70. The van der Waals surface area contributed by atoms with Crippen LogP contribution in [0.1, 0.15) is 18.1 Å². The van der Waals surface area contributed by atoms with Gasteiger partial charge in [0, 0.05) is 0 Å². The first-order valence-electron chi connectivity index (χ1n) is 8.17. The molecule has 0 aliphatic carbocycles. The van der Waals surface area contributed by atoms with Crippen LogP contribution in [0.5, 0.6) is 5.75 Å². The normalized spacial score (nSPS) is 19.9. The third kappa shape index (κ3) is 4.05. The number of hydrogen-bond acceptors (Lipinski definition) is 3. The van der Waals surface area contributed by atoms with E-state index in [2.05, 4.69) is 10.1 Å². The zero-order valence-corrected chi connectivity index (χ0v) is 14.4. The fraction of sp³-hybridized carbons (Fsp3) is 0.263. The van der Waals surface area contributed by atoms with Crippen molar-refractivity contribution in [2.75, 3.05) is 6.61 Å². The number of urea groups is 1. The van der Waals surface area contributed by atoms with E-state index in [-0.39, 0.29) is 12.3 Å². The summed E-state index contributed by atoms with van der Waals surface area (Å²) < 4.78 is 41.2. The van der Waals surface area contributed by atoms with Gasteiger partial charge in [-0.3, -0.25) is 9.69 Å². The van der Waals surface area contributed by atoms with Gasteiger partial charge in [0.1, 0.15) is 11.3 Å². The molecular formula is C19H17F3N2O3. The molecule has 8 heteroatoms. The first-order chi connectivity index (χ1) is 12.7. The summed E-state index contributed by atoms with van der Waals surface area (Å²) in [6.45, 7) is 0.262. The molecular weight excluding hydrogens is 361 g/mol. The minimum Gasteiger partial charge on any atom is -0.484 e. The van der Waals surface area contributed by atoms with Crippen molar-refractivity contribution in [3.8, 4) is 5.75 Å².